The molecule has 2 fully saturated rings. The molecule has 2 aliphatic heterocycles. The van der Waals surface area contributed by atoms with E-state index in [-0.39, 0.29) is 23.9 Å². The lowest BCUT2D eigenvalue weighted by molar-refractivity contribution is -0.125. The second kappa shape index (κ2) is 7.50. The number of carbonyl (C=O) groups excluding carboxylic acids is 1. The Morgan fingerprint density at radius 2 is 1.92 bits per heavy atom. The molecule has 2 aliphatic rings. The number of hydrogen-bond acceptors (Lipinski definition) is 5. The monoisotopic (exact) mass is 348 g/mol. The molecule has 0 aromatic rings. The van der Waals surface area contributed by atoms with Crippen LogP contribution in [0, 0.1) is 0 Å². The van der Waals surface area contributed by atoms with Gasteiger partial charge < -0.3 is 15.5 Å². The second-order valence-corrected chi connectivity index (χ2v) is 8.19. The summed E-state index contributed by atoms with van der Waals surface area (Å²) in [5.41, 5.74) is 7.95. The average Bonchev–Trinajstić information content (AvgIpc) is 3.12. The van der Waals surface area contributed by atoms with E-state index in [0.717, 1.165) is 50.2 Å². The fraction of sp³-hybridized carbons (Fsp3) is 0.750. The first kappa shape index (κ1) is 20.0. The number of Topliss-reactive ketones (excluding diaryl/α,β-unsaturated/α-hetero) is 1. The minimum Gasteiger partial charge on any atom is -0.365 e. The minimum atomic E-state index is -0.408. The van der Waals surface area contributed by atoms with Crippen molar-refractivity contribution < 1.29 is 4.79 Å². The van der Waals surface area contributed by atoms with Gasteiger partial charge in [0.15, 0.2) is 5.78 Å². The van der Waals surface area contributed by atoms with Gasteiger partial charge in [0.2, 0.25) is 0 Å². The van der Waals surface area contributed by atoms with Crippen molar-refractivity contribution >= 4 is 5.78 Å². The number of ketones is 1. The molecule has 2 heterocycles. The third-order valence-corrected chi connectivity index (χ3v) is 6.15. The maximum absolute atomic E-state index is 12.3. The van der Waals surface area contributed by atoms with E-state index in [1.165, 1.54) is 0 Å². The van der Waals surface area contributed by atoms with Gasteiger partial charge in [0.05, 0.1) is 17.6 Å². The smallest absolute Gasteiger partial charge is 0.154 e. The lowest BCUT2D eigenvalue weighted by Crippen LogP contribution is -2.52. The van der Waals surface area contributed by atoms with Crippen molar-refractivity contribution in [3.05, 3.63) is 24.6 Å². The van der Waals surface area contributed by atoms with Crippen molar-refractivity contribution in [3.8, 4) is 0 Å². The predicted octanol–water partition coefficient (Wildman–Crippen LogP) is 2.20. The molecule has 2 N–H and O–H groups in total. The largest absolute Gasteiger partial charge is 0.365 e. The summed E-state index contributed by atoms with van der Waals surface area (Å²) in [5, 5.41) is 0. The van der Waals surface area contributed by atoms with Crippen LogP contribution in [0.15, 0.2) is 24.6 Å². The van der Waals surface area contributed by atoms with E-state index in [2.05, 4.69) is 34.8 Å². The van der Waals surface area contributed by atoms with Gasteiger partial charge in [-0.3, -0.25) is 9.69 Å². The van der Waals surface area contributed by atoms with Crippen molar-refractivity contribution in [1.29, 1.82) is 0 Å². The van der Waals surface area contributed by atoms with E-state index in [9.17, 15) is 4.79 Å². The normalized spacial score (nSPS) is 29.2. The van der Waals surface area contributed by atoms with Crippen LogP contribution in [0.2, 0.25) is 0 Å². The molecule has 0 aromatic carbocycles. The van der Waals surface area contributed by atoms with E-state index in [4.69, 9.17) is 5.73 Å². The molecule has 0 aliphatic carbocycles. The van der Waals surface area contributed by atoms with E-state index in [1.807, 2.05) is 21.0 Å². The average molecular weight is 349 g/mol. The zero-order valence-electron chi connectivity index (χ0n) is 16.7. The summed E-state index contributed by atoms with van der Waals surface area (Å²) in [6.45, 7) is 16.5. The quantitative estimate of drug-likeness (QED) is 0.764. The van der Waals surface area contributed by atoms with Crippen LogP contribution < -0.4 is 5.73 Å². The maximum Gasteiger partial charge on any atom is 0.154 e. The van der Waals surface area contributed by atoms with Gasteiger partial charge in [0.25, 0.3) is 0 Å². The van der Waals surface area contributed by atoms with E-state index < -0.39 is 5.54 Å². The molecule has 5 heteroatoms. The first-order valence-corrected chi connectivity index (χ1v) is 9.46. The highest BCUT2D eigenvalue weighted by Gasteiger charge is 2.44. The number of likely N-dealkylation sites (N-methyl/N-ethyl adjacent to an activating group) is 1. The zero-order valence-corrected chi connectivity index (χ0v) is 16.7. The third-order valence-electron chi connectivity index (χ3n) is 6.15. The summed E-state index contributed by atoms with van der Waals surface area (Å²) >= 11 is 0. The summed E-state index contributed by atoms with van der Waals surface area (Å²) in [6.07, 6.45) is 4.13. The predicted molar refractivity (Wildman–Crippen MR) is 104 cm³/mol. The Morgan fingerprint density at radius 3 is 2.44 bits per heavy atom. The topological polar surface area (TPSA) is 52.8 Å². The lowest BCUT2D eigenvalue weighted by Gasteiger charge is -2.43. The Hall–Kier alpha value is -1.33. The van der Waals surface area contributed by atoms with Gasteiger partial charge in [-0.15, -0.1) is 0 Å². The van der Waals surface area contributed by atoms with Gasteiger partial charge in [-0.2, -0.15) is 0 Å². The Kier molecular flexibility index (Phi) is 6.00. The van der Waals surface area contributed by atoms with Crippen LogP contribution in [0.4, 0.5) is 0 Å². The first-order chi connectivity index (χ1) is 11.6. The molecule has 4 unspecified atom stereocenters. The highest BCUT2D eigenvalue weighted by molar-refractivity contribution is 5.86. The fourth-order valence-electron chi connectivity index (χ4n) is 4.67. The molecule has 2 saturated heterocycles. The molecule has 0 radical (unpaired) electrons. The molecule has 142 valence electrons. The minimum absolute atomic E-state index is 0.00582. The molecular weight excluding hydrogens is 312 g/mol. The molecule has 25 heavy (non-hydrogen) atoms. The first-order valence-electron chi connectivity index (χ1n) is 9.46. The SMILES string of the molecule is C=C(C(C(C)N)N(C)C)N1CCCC1C(=C)N1CCCC1(C)C(C)=O. The Morgan fingerprint density at radius 1 is 1.28 bits per heavy atom. The van der Waals surface area contributed by atoms with Crippen LogP contribution in [0.3, 0.4) is 0 Å². The van der Waals surface area contributed by atoms with Crippen molar-refractivity contribution in [1.82, 2.24) is 14.7 Å². The van der Waals surface area contributed by atoms with Crippen LogP contribution in [0.1, 0.15) is 46.5 Å². The molecular formula is C20H36N4O. The Labute approximate surface area is 153 Å². The maximum atomic E-state index is 12.3. The highest BCUT2D eigenvalue weighted by atomic mass is 16.1. The number of likely N-dealkylation sites (tertiary alicyclic amines) is 2. The number of carbonyl (C=O) groups is 1. The van der Waals surface area contributed by atoms with E-state index in [1.54, 1.807) is 6.92 Å². The molecule has 0 amide bonds. The summed E-state index contributed by atoms with van der Waals surface area (Å²) in [4.78, 5) is 19.0. The fourth-order valence-corrected chi connectivity index (χ4v) is 4.67. The van der Waals surface area contributed by atoms with Crippen molar-refractivity contribution in [2.45, 2.75) is 70.1 Å². The molecule has 0 spiro atoms. The number of hydrogen-bond donors (Lipinski definition) is 1. The van der Waals surface area contributed by atoms with Gasteiger partial charge in [-0.05, 0) is 60.5 Å². The van der Waals surface area contributed by atoms with Crippen LogP contribution in [0.5, 0.6) is 0 Å². The summed E-state index contributed by atoms with van der Waals surface area (Å²) in [6, 6.07) is 0.322. The van der Waals surface area contributed by atoms with Gasteiger partial charge >= 0.3 is 0 Å². The summed E-state index contributed by atoms with van der Waals surface area (Å²) in [7, 11) is 4.10. The van der Waals surface area contributed by atoms with E-state index >= 15 is 0 Å². The molecule has 0 bridgehead atoms. The molecule has 0 aromatic heterocycles. The number of rotatable bonds is 7. The number of nitrogens with zero attached hydrogens (tertiary/aromatic N) is 3. The molecule has 2 rings (SSSR count). The van der Waals surface area contributed by atoms with Crippen molar-refractivity contribution in [2.75, 3.05) is 27.2 Å². The van der Waals surface area contributed by atoms with Crippen LogP contribution in [0.25, 0.3) is 0 Å². The Balaban J connectivity index is 2.22. The van der Waals surface area contributed by atoms with Gasteiger partial charge in [0, 0.05) is 30.5 Å². The van der Waals surface area contributed by atoms with Crippen LogP contribution >= 0.6 is 0 Å². The molecule has 0 saturated carbocycles. The summed E-state index contributed by atoms with van der Waals surface area (Å²) < 4.78 is 0. The van der Waals surface area contributed by atoms with Gasteiger partial charge in [-0.1, -0.05) is 13.2 Å². The second-order valence-electron chi connectivity index (χ2n) is 8.19. The summed E-state index contributed by atoms with van der Waals surface area (Å²) in [5.74, 6) is 0.233. The van der Waals surface area contributed by atoms with Gasteiger partial charge in [0.1, 0.15) is 0 Å². The lowest BCUT2D eigenvalue weighted by atomic mass is 9.93. The zero-order chi connectivity index (χ0) is 18.9. The van der Waals surface area contributed by atoms with Crippen molar-refractivity contribution in [2.24, 2.45) is 5.73 Å². The number of nitrogens with two attached hydrogens (primary N) is 1. The third kappa shape index (κ3) is 3.63. The standard InChI is InChI=1S/C20H36N4O/c1-14(21)19(22(6)7)16(3)23-12-8-10-18(23)15(2)24-13-9-11-20(24,5)17(4)25/h14,18-19H,2-3,8-13,21H2,1,4-7H3. The van der Waals surface area contributed by atoms with Crippen LogP contribution in [-0.2, 0) is 4.79 Å². The van der Waals surface area contributed by atoms with Gasteiger partial charge in [-0.25, -0.2) is 0 Å². The van der Waals surface area contributed by atoms with Crippen molar-refractivity contribution in [3.63, 3.8) is 0 Å². The molecule has 4 atom stereocenters. The highest BCUT2D eigenvalue weighted by Crippen LogP contribution is 2.38. The Bertz CT molecular complexity index is 534. The van der Waals surface area contributed by atoms with E-state index in [0.29, 0.717) is 0 Å². The molecule has 5 nitrogen and oxygen atoms in total. The van der Waals surface area contributed by atoms with Crippen LogP contribution in [-0.4, -0.2) is 71.3 Å².